The number of carbonyl (C=O) groups excluding carboxylic acids is 1. The van der Waals surface area contributed by atoms with E-state index in [0.29, 0.717) is 12.1 Å². The molecule has 1 fully saturated rings. The summed E-state index contributed by atoms with van der Waals surface area (Å²) in [6, 6.07) is 7.32. The molecule has 1 saturated heterocycles. The van der Waals surface area contributed by atoms with Crippen LogP contribution in [-0.2, 0) is 0 Å². The maximum atomic E-state index is 12.2. The van der Waals surface area contributed by atoms with Crippen molar-refractivity contribution in [1.29, 1.82) is 0 Å². The second kappa shape index (κ2) is 4.78. The van der Waals surface area contributed by atoms with E-state index < -0.39 is 5.60 Å². The first-order valence-corrected chi connectivity index (χ1v) is 6.54. The lowest BCUT2D eigenvalue weighted by Gasteiger charge is -2.36. The number of benzene rings is 1. The Morgan fingerprint density at radius 2 is 2.06 bits per heavy atom. The first-order valence-electron chi connectivity index (χ1n) is 5.75. The standard InChI is InChI=1S/C13H16BrNO2/c1-13(17)7-2-8-15(9-13)12(16)10-3-5-11(14)6-4-10/h3-6,17H,2,7-9H2,1H3. The van der Waals surface area contributed by atoms with Gasteiger partial charge in [-0.05, 0) is 44.0 Å². The van der Waals surface area contributed by atoms with Gasteiger partial charge in [0.05, 0.1) is 5.60 Å². The number of nitrogens with zero attached hydrogens (tertiary/aromatic N) is 1. The Morgan fingerprint density at radius 3 is 2.65 bits per heavy atom. The molecule has 17 heavy (non-hydrogen) atoms. The van der Waals surface area contributed by atoms with Gasteiger partial charge in [0.25, 0.3) is 5.91 Å². The lowest BCUT2D eigenvalue weighted by Crippen LogP contribution is -2.48. The zero-order valence-electron chi connectivity index (χ0n) is 9.82. The number of piperidine rings is 1. The number of carbonyl (C=O) groups is 1. The molecule has 3 nitrogen and oxygen atoms in total. The molecule has 0 spiro atoms. The molecular weight excluding hydrogens is 282 g/mol. The molecular formula is C13H16BrNO2. The molecule has 92 valence electrons. The average molecular weight is 298 g/mol. The number of amides is 1. The Hall–Kier alpha value is -0.870. The Morgan fingerprint density at radius 1 is 1.41 bits per heavy atom. The van der Waals surface area contributed by atoms with Crippen LogP contribution < -0.4 is 0 Å². The minimum absolute atomic E-state index is 0.00234. The molecule has 1 aromatic carbocycles. The van der Waals surface area contributed by atoms with Gasteiger partial charge >= 0.3 is 0 Å². The van der Waals surface area contributed by atoms with E-state index in [1.807, 2.05) is 12.1 Å². The number of aliphatic hydroxyl groups is 1. The SMILES string of the molecule is CC1(O)CCCN(C(=O)c2ccc(Br)cc2)C1. The zero-order chi connectivity index (χ0) is 12.5. The molecule has 1 aliphatic rings. The Balaban J connectivity index is 2.12. The molecule has 0 saturated carbocycles. The van der Waals surface area contributed by atoms with Crippen molar-refractivity contribution in [1.82, 2.24) is 4.90 Å². The minimum Gasteiger partial charge on any atom is -0.388 e. The van der Waals surface area contributed by atoms with Crippen LogP contribution in [0.15, 0.2) is 28.7 Å². The predicted molar refractivity (Wildman–Crippen MR) is 69.9 cm³/mol. The summed E-state index contributed by atoms with van der Waals surface area (Å²) in [6.07, 6.45) is 1.62. The van der Waals surface area contributed by atoms with E-state index in [4.69, 9.17) is 0 Å². The van der Waals surface area contributed by atoms with Crippen molar-refractivity contribution < 1.29 is 9.90 Å². The van der Waals surface area contributed by atoms with Crippen molar-refractivity contribution in [3.8, 4) is 0 Å². The van der Waals surface area contributed by atoms with Crippen molar-refractivity contribution in [3.63, 3.8) is 0 Å². The molecule has 0 radical (unpaired) electrons. The molecule has 1 unspecified atom stereocenters. The first kappa shape index (κ1) is 12.6. The second-order valence-corrected chi connectivity index (χ2v) is 5.75. The van der Waals surface area contributed by atoms with E-state index in [9.17, 15) is 9.90 Å². The number of halogens is 1. The molecule has 2 rings (SSSR count). The number of hydrogen-bond donors (Lipinski definition) is 1. The highest BCUT2D eigenvalue weighted by Crippen LogP contribution is 2.22. The van der Waals surface area contributed by atoms with Crippen LogP contribution >= 0.6 is 15.9 Å². The quantitative estimate of drug-likeness (QED) is 0.865. The molecule has 0 aliphatic carbocycles. The summed E-state index contributed by atoms with van der Waals surface area (Å²) in [5.74, 6) is -0.00234. The maximum Gasteiger partial charge on any atom is 0.253 e. The van der Waals surface area contributed by atoms with Crippen molar-refractivity contribution in [2.45, 2.75) is 25.4 Å². The first-order chi connectivity index (χ1) is 7.98. The lowest BCUT2D eigenvalue weighted by molar-refractivity contribution is -0.0107. The van der Waals surface area contributed by atoms with Gasteiger partial charge in [0, 0.05) is 23.1 Å². The van der Waals surface area contributed by atoms with Crippen molar-refractivity contribution in [2.75, 3.05) is 13.1 Å². The molecule has 1 aromatic rings. The fourth-order valence-electron chi connectivity index (χ4n) is 2.17. The highest BCUT2D eigenvalue weighted by atomic mass is 79.9. The highest BCUT2D eigenvalue weighted by Gasteiger charge is 2.31. The van der Waals surface area contributed by atoms with Crippen LogP contribution in [0.25, 0.3) is 0 Å². The van der Waals surface area contributed by atoms with Crippen LogP contribution in [0.2, 0.25) is 0 Å². The predicted octanol–water partition coefficient (Wildman–Crippen LogP) is 2.44. The third kappa shape index (κ3) is 3.07. The molecule has 0 aromatic heterocycles. The Kier molecular flexibility index (Phi) is 3.54. The van der Waals surface area contributed by atoms with Crippen LogP contribution in [0.1, 0.15) is 30.1 Å². The van der Waals surface area contributed by atoms with Crippen molar-refractivity contribution >= 4 is 21.8 Å². The minimum atomic E-state index is -0.747. The Labute approximate surface area is 110 Å². The van der Waals surface area contributed by atoms with Gasteiger partial charge in [-0.15, -0.1) is 0 Å². The smallest absolute Gasteiger partial charge is 0.253 e. The lowest BCUT2D eigenvalue weighted by atomic mass is 9.94. The van der Waals surface area contributed by atoms with Crippen molar-refractivity contribution in [3.05, 3.63) is 34.3 Å². The molecule has 1 atom stereocenters. The third-order valence-electron chi connectivity index (χ3n) is 3.05. The summed E-state index contributed by atoms with van der Waals surface area (Å²) in [7, 11) is 0. The van der Waals surface area contributed by atoms with E-state index in [2.05, 4.69) is 15.9 Å². The summed E-state index contributed by atoms with van der Waals surface area (Å²) in [4.78, 5) is 13.9. The topological polar surface area (TPSA) is 40.5 Å². The monoisotopic (exact) mass is 297 g/mol. The molecule has 1 aliphatic heterocycles. The molecule has 1 amide bonds. The van der Waals surface area contributed by atoms with Gasteiger partial charge in [-0.3, -0.25) is 4.79 Å². The average Bonchev–Trinajstić information content (AvgIpc) is 2.28. The summed E-state index contributed by atoms with van der Waals surface area (Å²) in [5.41, 5.74) is -0.0746. The van der Waals surface area contributed by atoms with Crippen LogP contribution in [0.4, 0.5) is 0 Å². The number of likely N-dealkylation sites (tertiary alicyclic amines) is 1. The number of rotatable bonds is 1. The largest absolute Gasteiger partial charge is 0.388 e. The van der Waals surface area contributed by atoms with E-state index in [0.717, 1.165) is 23.9 Å². The fourth-order valence-corrected chi connectivity index (χ4v) is 2.43. The van der Waals surface area contributed by atoms with Crippen LogP contribution in [0.5, 0.6) is 0 Å². The summed E-state index contributed by atoms with van der Waals surface area (Å²) in [5, 5.41) is 9.98. The van der Waals surface area contributed by atoms with Crippen LogP contribution in [0, 0.1) is 0 Å². The summed E-state index contributed by atoms with van der Waals surface area (Å²) in [6.45, 7) is 2.93. The number of β-amino-alcohol motifs (C(OH)–C–C–N with tert-alkyl or cyclic N) is 1. The van der Waals surface area contributed by atoms with Crippen molar-refractivity contribution in [2.24, 2.45) is 0 Å². The third-order valence-corrected chi connectivity index (χ3v) is 3.58. The molecule has 0 bridgehead atoms. The van der Waals surface area contributed by atoms with E-state index in [1.54, 1.807) is 24.0 Å². The number of hydrogen-bond acceptors (Lipinski definition) is 2. The van der Waals surface area contributed by atoms with E-state index in [-0.39, 0.29) is 5.91 Å². The fraction of sp³-hybridized carbons (Fsp3) is 0.462. The van der Waals surface area contributed by atoms with E-state index in [1.165, 1.54) is 0 Å². The summed E-state index contributed by atoms with van der Waals surface area (Å²) < 4.78 is 0.958. The molecule has 4 heteroatoms. The highest BCUT2D eigenvalue weighted by molar-refractivity contribution is 9.10. The van der Waals surface area contributed by atoms with Gasteiger partial charge in [-0.25, -0.2) is 0 Å². The maximum absolute atomic E-state index is 12.2. The van der Waals surface area contributed by atoms with Gasteiger partial charge < -0.3 is 10.0 Å². The van der Waals surface area contributed by atoms with Crippen LogP contribution in [0.3, 0.4) is 0 Å². The zero-order valence-corrected chi connectivity index (χ0v) is 11.4. The van der Waals surface area contributed by atoms with Gasteiger partial charge in [0.15, 0.2) is 0 Å². The van der Waals surface area contributed by atoms with Gasteiger partial charge in [-0.1, -0.05) is 15.9 Å². The second-order valence-electron chi connectivity index (χ2n) is 4.83. The van der Waals surface area contributed by atoms with Gasteiger partial charge in [-0.2, -0.15) is 0 Å². The van der Waals surface area contributed by atoms with Gasteiger partial charge in [0.2, 0.25) is 0 Å². The normalized spacial score (nSPS) is 24.8. The van der Waals surface area contributed by atoms with E-state index >= 15 is 0 Å². The Bertz CT molecular complexity index is 414. The van der Waals surface area contributed by atoms with Crippen LogP contribution in [-0.4, -0.2) is 34.6 Å². The molecule has 1 heterocycles. The summed E-state index contributed by atoms with van der Waals surface area (Å²) >= 11 is 3.34. The molecule has 1 N–H and O–H groups in total. The van der Waals surface area contributed by atoms with Gasteiger partial charge in [0.1, 0.15) is 0 Å².